The molecule has 4 aliphatic rings. The fourth-order valence-corrected chi connectivity index (χ4v) is 5.15. The molecule has 0 aromatic rings. The van der Waals surface area contributed by atoms with Crippen LogP contribution in [0.15, 0.2) is 0 Å². The minimum absolute atomic E-state index is 0. The Kier molecular flexibility index (Phi) is 5.40. The van der Waals surface area contributed by atoms with Crippen LogP contribution in [0.5, 0.6) is 0 Å². The lowest BCUT2D eigenvalue weighted by Gasteiger charge is -2.39. The molecule has 1 unspecified atom stereocenters. The van der Waals surface area contributed by atoms with E-state index < -0.39 is 0 Å². The summed E-state index contributed by atoms with van der Waals surface area (Å²) in [4.78, 5) is 29.2. The molecule has 1 saturated carbocycles. The maximum Gasteiger partial charge on any atom is 0.227 e. The number of hydrogen-bond acceptors (Lipinski definition) is 3. The Morgan fingerprint density at radius 3 is 2.46 bits per heavy atom. The van der Waals surface area contributed by atoms with Crippen molar-refractivity contribution in [3.05, 3.63) is 0 Å². The average Bonchev–Trinajstić information content (AvgIpc) is 3.28. The van der Waals surface area contributed by atoms with E-state index in [-0.39, 0.29) is 30.1 Å². The first kappa shape index (κ1) is 18.0. The van der Waals surface area contributed by atoms with Crippen LogP contribution in [0.2, 0.25) is 0 Å². The largest absolute Gasteiger partial charge is 0.342 e. The number of rotatable bonds is 2. The van der Waals surface area contributed by atoms with E-state index in [9.17, 15) is 9.59 Å². The van der Waals surface area contributed by atoms with Crippen molar-refractivity contribution in [3.8, 4) is 0 Å². The molecule has 1 aliphatic carbocycles. The zero-order valence-electron chi connectivity index (χ0n) is 14.5. The number of hydrogen-bond donors (Lipinski definition) is 1. The first-order valence-electron chi connectivity index (χ1n) is 9.46. The maximum absolute atomic E-state index is 12.8. The van der Waals surface area contributed by atoms with Crippen molar-refractivity contribution >= 4 is 24.2 Å². The second-order valence-corrected chi connectivity index (χ2v) is 8.14. The average molecular weight is 356 g/mol. The van der Waals surface area contributed by atoms with Gasteiger partial charge in [0.25, 0.3) is 0 Å². The fourth-order valence-electron chi connectivity index (χ4n) is 5.15. The van der Waals surface area contributed by atoms with Crippen molar-refractivity contribution in [2.24, 2.45) is 11.3 Å². The summed E-state index contributed by atoms with van der Waals surface area (Å²) >= 11 is 0. The summed E-state index contributed by atoms with van der Waals surface area (Å²) in [5.41, 5.74) is 0.443. The molecule has 4 rings (SSSR count). The summed E-state index contributed by atoms with van der Waals surface area (Å²) in [6, 6.07) is 0.412. The van der Waals surface area contributed by atoms with E-state index in [1.54, 1.807) is 0 Å². The summed E-state index contributed by atoms with van der Waals surface area (Å²) in [6.45, 7) is 4.68. The Labute approximate surface area is 150 Å². The molecular formula is C18H30ClN3O2. The molecule has 1 N–H and O–H groups in total. The van der Waals surface area contributed by atoms with Gasteiger partial charge in [0.15, 0.2) is 0 Å². The smallest absolute Gasteiger partial charge is 0.227 e. The van der Waals surface area contributed by atoms with Gasteiger partial charge in [-0.25, -0.2) is 0 Å². The molecule has 1 atom stereocenters. The number of halogens is 1. The highest BCUT2D eigenvalue weighted by Crippen LogP contribution is 2.38. The van der Waals surface area contributed by atoms with Crippen LogP contribution in [0.3, 0.4) is 0 Å². The molecule has 6 heteroatoms. The van der Waals surface area contributed by atoms with Crippen LogP contribution in [0.4, 0.5) is 0 Å². The van der Waals surface area contributed by atoms with E-state index in [1.807, 2.05) is 9.80 Å². The maximum atomic E-state index is 12.8. The van der Waals surface area contributed by atoms with Crippen LogP contribution in [0.1, 0.15) is 51.4 Å². The summed E-state index contributed by atoms with van der Waals surface area (Å²) in [6.07, 6.45) is 8.67. The molecule has 3 aliphatic heterocycles. The molecule has 24 heavy (non-hydrogen) atoms. The Morgan fingerprint density at radius 2 is 1.83 bits per heavy atom. The number of carbonyl (C=O) groups is 2. The molecular weight excluding hydrogens is 326 g/mol. The van der Waals surface area contributed by atoms with Gasteiger partial charge in [-0.2, -0.15) is 0 Å². The van der Waals surface area contributed by atoms with Gasteiger partial charge < -0.3 is 15.1 Å². The first-order chi connectivity index (χ1) is 11.2. The van der Waals surface area contributed by atoms with Crippen molar-refractivity contribution in [2.75, 3.05) is 32.7 Å². The molecule has 0 bridgehead atoms. The van der Waals surface area contributed by atoms with E-state index in [2.05, 4.69) is 5.32 Å². The van der Waals surface area contributed by atoms with E-state index in [1.165, 1.54) is 19.3 Å². The molecule has 0 aromatic heterocycles. The summed E-state index contributed by atoms with van der Waals surface area (Å²) in [5.74, 6) is 0.363. The van der Waals surface area contributed by atoms with Gasteiger partial charge in [-0.05, 0) is 44.1 Å². The summed E-state index contributed by atoms with van der Waals surface area (Å²) in [7, 11) is 0. The minimum Gasteiger partial charge on any atom is -0.342 e. The Bertz CT molecular complexity index is 477. The second kappa shape index (κ2) is 7.20. The van der Waals surface area contributed by atoms with Crippen LogP contribution in [-0.4, -0.2) is 60.4 Å². The molecule has 0 radical (unpaired) electrons. The van der Waals surface area contributed by atoms with Gasteiger partial charge >= 0.3 is 0 Å². The lowest BCUT2D eigenvalue weighted by Crippen LogP contribution is -2.46. The van der Waals surface area contributed by atoms with E-state index >= 15 is 0 Å². The van der Waals surface area contributed by atoms with E-state index in [4.69, 9.17) is 0 Å². The summed E-state index contributed by atoms with van der Waals surface area (Å²) in [5, 5.41) is 3.47. The number of piperidine rings is 1. The van der Waals surface area contributed by atoms with Crippen LogP contribution in [0, 0.1) is 11.3 Å². The van der Waals surface area contributed by atoms with Gasteiger partial charge in [0.1, 0.15) is 0 Å². The molecule has 2 amide bonds. The minimum atomic E-state index is -0.0844. The van der Waals surface area contributed by atoms with Crippen molar-refractivity contribution in [1.82, 2.24) is 15.1 Å². The van der Waals surface area contributed by atoms with Gasteiger partial charge in [0.2, 0.25) is 11.8 Å². The zero-order valence-corrected chi connectivity index (χ0v) is 15.3. The number of carbonyl (C=O) groups excluding carboxylic acids is 2. The molecule has 136 valence electrons. The molecule has 3 heterocycles. The van der Waals surface area contributed by atoms with Crippen molar-refractivity contribution in [1.29, 1.82) is 0 Å². The fraction of sp³-hybridized carbons (Fsp3) is 0.889. The highest BCUT2D eigenvalue weighted by Gasteiger charge is 2.43. The third-order valence-corrected chi connectivity index (χ3v) is 6.74. The predicted molar refractivity (Wildman–Crippen MR) is 95.1 cm³/mol. The second-order valence-electron chi connectivity index (χ2n) is 8.14. The number of likely N-dealkylation sites (tertiary alicyclic amines) is 2. The number of nitrogens with one attached hydrogen (secondary N) is 1. The molecule has 1 spiro atoms. The van der Waals surface area contributed by atoms with Gasteiger partial charge in [-0.3, -0.25) is 9.59 Å². The molecule has 0 aromatic carbocycles. The quantitative estimate of drug-likeness (QED) is 0.821. The number of amides is 2. The zero-order chi connectivity index (χ0) is 15.9. The lowest BCUT2D eigenvalue weighted by atomic mass is 9.77. The van der Waals surface area contributed by atoms with Gasteiger partial charge in [-0.1, -0.05) is 12.8 Å². The van der Waals surface area contributed by atoms with Gasteiger partial charge in [0.05, 0.1) is 5.92 Å². The standard InChI is InChI=1S/C18H29N3O2.ClH/c22-16-11-14(12-21(16)15-3-1-2-4-15)17(23)20-9-6-18(7-10-20)5-8-19-13-18;/h14-15,19H,1-13H2;1H. The van der Waals surface area contributed by atoms with Crippen LogP contribution < -0.4 is 5.32 Å². The highest BCUT2D eigenvalue weighted by atomic mass is 35.5. The van der Waals surface area contributed by atoms with E-state index in [0.29, 0.717) is 24.4 Å². The van der Waals surface area contributed by atoms with Crippen LogP contribution in [-0.2, 0) is 9.59 Å². The van der Waals surface area contributed by atoms with Crippen molar-refractivity contribution in [2.45, 2.75) is 57.4 Å². The van der Waals surface area contributed by atoms with Crippen LogP contribution >= 0.6 is 12.4 Å². The molecule has 5 nitrogen and oxygen atoms in total. The SMILES string of the molecule is Cl.O=C(C1CC(=O)N(C2CCCC2)C1)N1CCC2(CCNC2)CC1. The predicted octanol–water partition coefficient (Wildman–Crippen LogP) is 1.80. The normalized spacial score (nSPS) is 30.2. The molecule has 4 fully saturated rings. The van der Waals surface area contributed by atoms with Crippen molar-refractivity contribution in [3.63, 3.8) is 0 Å². The number of nitrogens with zero attached hydrogens (tertiary/aromatic N) is 2. The Balaban J connectivity index is 0.00000169. The van der Waals surface area contributed by atoms with Crippen LogP contribution in [0.25, 0.3) is 0 Å². The topological polar surface area (TPSA) is 52.7 Å². The van der Waals surface area contributed by atoms with Gasteiger partial charge in [-0.15, -0.1) is 12.4 Å². The van der Waals surface area contributed by atoms with Crippen molar-refractivity contribution < 1.29 is 9.59 Å². The lowest BCUT2D eigenvalue weighted by molar-refractivity contribution is -0.138. The Hall–Kier alpha value is -0.810. The third kappa shape index (κ3) is 3.30. The highest BCUT2D eigenvalue weighted by molar-refractivity contribution is 5.89. The monoisotopic (exact) mass is 355 g/mol. The first-order valence-corrected chi connectivity index (χ1v) is 9.46. The third-order valence-electron chi connectivity index (χ3n) is 6.74. The Morgan fingerprint density at radius 1 is 1.12 bits per heavy atom. The summed E-state index contributed by atoms with van der Waals surface area (Å²) < 4.78 is 0. The molecule has 3 saturated heterocycles. The van der Waals surface area contributed by atoms with Gasteiger partial charge in [0, 0.05) is 38.6 Å². The van der Waals surface area contributed by atoms with E-state index in [0.717, 1.165) is 51.9 Å².